The molecule has 2 aliphatic carbocycles. The number of aromatic nitrogens is 2. The third kappa shape index (κ3) is 3.27. The molecule has 5 rings (SSSR count). The molecule has 1 unspecified atom stereocenters. The Kier molecular flexibility index (Phi) is 5.00. The fourth-order valence-electron chi connectivity index (χ4n) is 4.55. The molecular formula is C26H23F2N3O. The number of anilines is 1. The third-order valence-electron chi connectivity index (χ3n) is 6.56. The second-order valence-corrected chi connectivity index (χ2v) is 8.41. The first kappa shape index (κ1) is 20.4. The molecule has 4 nitrogen and oxygen atoms in total. The molecule has 1 saturated carbocycles. The lowest BCUT2D eigenvalue weighted by Crippen LogP contribution is -2.32. The van der Waals surface area contributed by atoms with Crippen LogP contribution in [0.4, 0.5) is 14.6 Å². The number of carbonyl (C=O) groups is 1. The van der Waals surface area contributed by atoms with Crippen LogP contribution < -0.4 is 5.32 Å². The summed E-state index contributed by atoms with van der Waals surface area (Å²) < 4.78 is 29.4. The summed E-state index contributed by atoms with van der Waals surface area (Å²) in [6.45, 7) is 3.62. The summed E-state index contributed by atoms with van der Waals surface area (Å²) in [4.78, 5) is 12.7. The molecule has 0 bridgehead atoms. The molecule has 162 valence electrons. The van der Waals surface area contributed by atoms with Gasteiger partial charge >= 0.3 is 0 Å². The van der Waals surface area contributed by atoms with Crippen LogP contribution in [0.25, 0.3) is 6.08 Å². The maximum atomic E-state index is 14.3. The first-order valence-electron chi connectivity index (χ1n) is 10.8. The molecule has 1 heterocycles. The highest BCUT2D eigenvalue weighted by Crippen LogP contribution is 2.44. The highest BCUT2D eigenvalue weighted by atomic mass is 19.2. The Hall–Kier alpha value is -3.54. The van der Waals surface area contributed by atoms with Crippen molar-refractivity contribution in [2.24, 2.45) is 0 Å². The average Bonchev–Trinajstić information content (AvgIpc) is 3.15. The zero-order valence-electron chi connectivity index (χ0n) is 17.5. The van der Waals surface area contributed by atoms with Gasteiger partial charge in [-0.25, -0.2) is 8.78 Å². The number of hydrogen-bond donors (Lipinski definition) is 1. The summed E-state index contributed by atoms with van der Waals surface area (Å²) >= 11 is 0. The summed E-state index contributed by atoms with van der Waals surface area (Å²) in [5, 5.41) is 8.02. The standard InChI is InChI=1S/C26H23F2N3O/c1-2-24(32)31-23-16-26(17-7-4-3-5-8-17,18-11-12-21(27)22(28)15-18)14-13-20(23)25(30-31)29-19-9-6-10-19/h2-5,7-8,11-15,19H,1,6,9-10,16H2,(H,29,30). The highest BCUT2D eigenvalue weighted by Gasteiger charge is 2.39. The van der Waals surface area contributed by atoms with Gasteiger partial charge in [-0.1, -0.05) is 55.1 Å². The Morgan fingerprint density at radius 2 is 1.91 bits per heavy atom. The van der Waals surface area contributed by atoms with Crippen molar-refractivity contribution in [2.45, 2.75) is 37.1 Å². The van der Waals surface area contributed by atoms with Crippen LogP contribution in [-0.2, 0) is 11.8 Å². The van der Waals surface area contributed by atoms with Gasteiger partial charge < -0.3 is 5.32 Å². The van der Waals surface area contributed by atoms with E-state index in [0.717, 1.165) is 30.0 Å². The van der Waals surface area contributed by atoms with Crippen LogP contribution in [0.2, 0.25) is 0 Å². The number of halogens is 2. The van der Waals surface area contributed by atoms with Crippen molar-refractivity contribution in [3.05, 3.63) is 101 Å². The molecule has 0 saturated heterocycles. The Morgan fingerprint density at radius 1 is 1.12 bits per heavy atom. The highest BCUT2D eigenvalue weighted by molar-refractivity contribution is 5.91. The summed E-state index contributed by atoms with van der Waals surface area (Å²) in [6, 6.07) is 14.0. The second-order valence-electron chi connectivity index (χ2n) is 8.41. The zero-order chi connectivity index (χ0) is 22.3. The fourth-order valence-corrected chi connectivity index (χ4v) is 4.55. The number of fused-ring (bicyclic) bond motifs is 1. The summed E-state index contributed by atoms with van der Waals surface area (Å²) in [5.74, 6) is -1.45. The second kappa shape index (κ2) is 7.86. The van der Waals surface area contributed by atoms with E-state index in [1.165, 1.54) is 23.2 Å². The minimum Gasteiger partial charge on any atom is -0.365 e. The molecule has 2 aliphatic rings. The van der Waals surface area contributed by atoms with Crippen LogP contribution in [0.5, 0.6) is 0 Å². The molecule has 0 radical (unpaired) electrons. The number of carbonyl (C=O) groups excluding carboxylic acids is 1. The van der Waals surface area contributed by atoms with Crippen LogP contribution in [0, 0.1) is 11.6 Å². The minimum absolute atomic E-state index is 0.328. The van der Waals surface area contributed by atoms with Crippen molar-refractivity contribution in [3.63, 3.8) is 0 Å². The molecule has 1 N–H and O–H groups in total. The Bertz CT molecular complexity index is 1230. The summed E-state index contributed by atoms with van der Waals surface area (Å²) in [5.41, 5.74) is 2.31. The van der Waals surface area contributed by atoms with Crippen molar-refractivity contribution < 1.29 is 13.6 Å². The van der Waals surface area contributed by atoms with Crippen LogP contribution in [0.3, 0.4) is 0 Å². The maximum absolute atomic E-state index is 14.3. The van der Waals surface area contributed by atoms with E-state index in [9.17, 15) is 13.6 Å². The van der Waals surface area contributed by atoms with Gasteiger partial charge in [0.2, 0.25) is 0 Å². The van der Waals surface area contributed by atoms with Gasteiger partial charge in [0.1, 0.15) is 0 Å². The van der Waals surface area contributed by atoms with E-state index in [4.69, 9.17) is 0 Å². The number of rotatable bonds is 5. The molecule has 2 aromatic carbocycles. The van der Waals surface area contributed by atoms with Crippen LogP contribution in [0.15, 0.2) is 67.3 Å². The number of nitrogens with one attached hydrogen (secondary N) is 1. The summed E-state index contributed by atoms with van der Waals surface area (Å²) in [6.07, 6.45) is 8.87. The normalized spacial score (nSPS) is 19.8. The molecule has 32 heavy (non-hydrogen) atoms. The average molecular weight is 431 g/mol. The molecule has 6 heteroatoms. The van der Waals surface area contributed by atoms with Gasteiger partial charge in [-0.3, -0.25) is 4.79 Å². The van der Waals surface area contributed by atoms with E-state index in [1.54, 1.807) is 6.07 Å². The smallest absolute Gasteiger partial charge is 0.270 e. The topological polar surface area (TPSA) is 46.9 Å². The number of benzene rings is 2. The van der Waals surface area contributed by atoms with Crippen molar-refractivity contribution >= 4 is 17.8 Å². The zero-order valence-corrected chi connectivity index (χ0v) is 17.5. The van der Waals surface area contributed by atoms with Crippen LogP contribution >= 0.6 is 0 Å². The monoisotopic (exact) mass is 431 g/mol. The summed E-state index contributed by atoms with van der Waals surface area (Å²) in [7, 11) is 0. The molecular weight excluding hydrogens is 408 g/mol. The number of nitrogens with zero attached hydrogens (tertiary/aromatic N) is 2. The van der Waals surface area contributed by atoms with Gasteiger partial charge in [0.25, 0.3) is 5.91 Å². The van der Waals surface area contributed by atoms with E-state index in [0.29, 0.717) is 29.5 Å². The Morgan fingerprint density at radius 3 is 2.56 bits per heavy atom. The molecule has 0 amide bonds. The van der Waals surface area contributed by atoms with Gasteiger partial charge in [0, 0.05) is 23.4 Å². The van der Waals surface area contributed by atoms with Gasteiger partial charge in [-0.05, 0) is 48.6 Å². The van der Waals surface area contributed by atoms with Crippen molar-refractivity contribution in [1.82, 2.24) is 9.78 Å². The lowest BCUT2D eigenvalue weighted by Gasteiger charge is -2.35. The predicted octanol–water partition coefficient (Wildman–Crippen LogP) is 5.51. The third-order valence-corrected chi connectivity index (χ3v) is 6.56. The van der Waals surface area contributed by atoms with E-state index < -0.39 is 17.0 Å². The minimum atomic E-state index is -0.903. The first-order valence-corrected chi connectivity index (χ1v) is 10.8. The Labute approximate surface area is 185 Å². The fraction of sp³-hybridized carbons (Fsp3) is 0.231. The van der Waals surface area contributed by atoms with Gasteiger partial charge in [-0.2, -0.15) is 4.68 Å². The Balaban J connectivity index is 1.68. The first-order chi connectivity index (χ1) is 15.5. The van der Waals surface area contributed by atoms with E-state index in [1.807, 2.05) is 42.5 Å². The van der Waals surface area contributed by atoms with Gasteiger partial charge in [-0.15, -0.1) is 5.10 Å². The van der Waals surface area contributed by atoms with Crippen LogP contribution in [-0.4, -0.2) is 21.7 Å². The predicted molar refractivity (Wildman–Crippen MR) is 121 cm³/mol. The van der Waals surface area contributed by atoms with E-state index in [2.05, 4.69) is 17.0 Å². The molecule has 1 atom stereocenters. The van der Waals surface area contributed by atoms with E-state index >= 15 is 0 Å². The molecule has 3 aromatic rings. The van der Waals surface area contributed by atoms with E-state index in [-0.39, 0.29) is 5.91 Å². The lowest BCUT2D eigenvalue weighted by molar-refractivity contribution is 0.0950. The van der Waals surface area contributed by atoms with Crippen LogP contribution in [0.1, 0.15) is 46.4 Å². The van der Waals surface area contributed by atoms with Crippen molar-refractivity contribution in [3.8, 4) is 0 Å². The number of hydrogen-bond acceptors (Lipinski definition) is 3. The van der Waals surface area contributed by atoms with Gasteiger partial charge in [0.15, 0.2) is 17.5 Å². The largest absolute Gasteiger partial charge is 0.365 e. The molecule has 0 aliphatic heterocycles. The van der Waals surface area contributed by atoms with Crippen molar-refractivity contribution in [1.29, 1.82) is 0 Å². The van der Waals surface area contributed by atoms with Crippen molar-refractivity contribution in [2.75, 3.05) is 5.32 Å². The molecule has 0 spiro atoms. The van der Waals surface area contributed by atoms with Gasteiger partial charge in [0.05, 0.1) is 5.69 Å². The maximum Gasteiger partial charge on any atom is 0.270 e. The number of allylic oxidation sites excluding steroid dienone is 2. The molecule has 1 fully saturated rings. The lowest BCUT2D eigenvalue weighted by atomic mass is 9.68. The SMILES string of the molecule is C=CC(=O)n1nc(NC2CCC2)c2c1CC(c1ccccc1)(c1ccc(F)c(F)c1)C=C2. The molecule has 1 aromatic heterocycles. The quantitative estimate of drug-likeness (QED) is 0.542.